The monoisotopic (exact) mass is 437 g/mol. The Morgan fingerprint density at radius 2 is 1.77 bits per heavy atom. The Bertz CT molecular complexity index is 1570. The van der Waals surface area contributed by atoms with E-state index in [2.05, 4.69) is 0 Å². The fourth-order valence-electron chi connectivity index (χ4n) is 3.79. The number of aromatic nitrogens is 5. The summed E-state index contributed by atoms with van der Waals surface area (Å²) in [7, 11) is 6.24. The lowest BCUT2D eigenvalue weighted by Crippen LogP contribution is -2.37. The van der Waals surface area contributed by atoms with Gasteiger partial charge in [-0.05, 0) is 23.6 Å². The van der Waals surface area contributed by atoms with Gasteiger partial charge in [0.05, 0.1) is 30.5 Å². The Labute approximate surface area is 179 Å². The van der Waals surface area contributed by atoms with Crippen LogP contribution in [0.4, 0.5) is 0 Å². The van der Waals surface area contributed by atoms with Gasteiger partial charge in [-0.2, -0.15) is 4.98 Å². The zero-order valence-corrected chi connectivity index (χ0v) is 18.1. The molecule has 31 heavy (non-hydrogen) atoms. The van der Waals surface area contributed by atoms with Gasteiger partial charge in [0.15, 0.2) is 22.7 Å². The van der Waals surface area contributed by atoms with Gasteiger partial charge in [0.2, 0.25) is 5.78 Å². The quantitative estimate of drug-likeness (QED) is 0.431. The SMILES string of the molecule is COc1ccc(-n2c(-c3cccs3)cn3c4c(=O)n(C)c(=O)n(C)c4nc23)cc1OC. The van der Waals surface area contributed by atoms with Crippen LogP contribution in [0.25, 0.3) is 33.2 Å². The van der Waals surface area contributed by atoms with E-state index in [1.54, 1.807) is 37.0 Å². The molecule has 0 saturated carbocycles. The zero-order valence-electron chi connectivity index (χ0n) is 17.3. The number of imidazole rings is 2. The average molecular weight is 437 g/mol. The van der Waals surface area contributed by atoms with Crippen molar-refractivity contribution in [2.24, 2.45) is 14.1 Å². The van der Waals surface area contributed by atoms with Crippen LogP contribution in [0.5, 0.6) is 11.5 Å². The van der Waals surface area contributed by atoms with Gasteiger partial charge >= 0.3 is 5.69 Å². The molecule has 0 atom stereocenters. The van der Waals surface area contributed by atoms with Crippen LogP contribution in [0, 0.1) is 0 Å². The summed E-state index contributed by atoms with van der Waals surface area (Å²) < 4.78 is 17.0. The highest BCUT2D eigenvalue weighted by atomic mass is 32.1. The molecule has 4 aromatic heterocycles. The van der Waals surface area contributed by atoms with Gasteiger partial charge in [-0.25, -0.2) is 4.79 Å². The summed E-state index contributed by atoms with van der Waals surface area (Å²) in [6, 6.07) is 9.55. The highest BCUT2D eigenvalue weighted by molar-refractivity contribution is 7.13. The van der Waals surface area contributed by atoms with Crippen LogP contribution >= 0.6 is 11.3 Å². The fraction of sp³-hybridized carbons (Fsp3) is 0.190. The number of hydrogen-bond donors (Lipinski definition) is 0. The Kier molecular flexibility index (Phi) is 4.26. The number of benzene rings is 1. The predicted molar refractivity (Wildman–Crippen MR) is 119 cm³/mol. The lowest BCUT2D eigenvalue weighted by atomic mass is 10.2. The fourth-order valence-corrected chi connectivity index (χ4v) is 4.51. The van der Waals surface area contributed by atoms with E-state index in [0.717, 1.165) is 20.8 Å². The van der Waals surface area contributed by atoms with Crippen molar-refractivity contribution in [2.45, 2.75) is 0 Å². The van der Waals surface area contributed by atoms with Crippen LogP contribution in [0.3, 0.4) is 0 Å². The molecule has 0 aliphatic heterocycles. The molecule has 0 amide bonds. The summed E-state index contributed by atoms with van der Waals surface area (Å²) in [6.07, 6.45) is 1.87. The van der Waals surface area contributed by atoms with Gasteiger partial charge < -0.3 is 9.47 Å². The minimum Gasteiger partial charge on any atom is -0.493 e. The van der Waals surface area contributed by atoms with Crippen LogP contribution in [-0.2, 0) is 14.1 Å². The molecule has 0 aliphatic carbocycles. The number of thiophene rings is 1. The van der Waals surface area contributed by atoms with E-state index in [1.165, 1.54) is 11.6 Å². The molecule has 0 bridgehead atoms. The number of nitrogens with zero attached hydrogens (tertiary/aromatic N) is 5. The van der Waals surface area contributed by atoms with E-state index in [-0.39, 0.29) is 0 Å². The second-order valence-corrected chi connectivity index (χ2v) is 7.97. The first-order valence-corrected chi connectivity index (χ1v) is 10.3. The summed E-state index contributed by atoms with van der Waals surface area (Å²) in [6.45, 7) is 0. The summed E-state index contributed by atoms with van der Waals surface area (Å²) in [5, 5.41) is 1.99. The van der Waals surface area contributed by atoms with E-state index < -0.39 is 11.2 Å². The molecule has 0 fully saturated rings. The van der Waals surface area contributed by atoms with Crippen molar-refractivity contribution in [3.05, 3.63) is 62.7 Å². The molecule has 158 valence electrons. The van der Waals surface area contributed by atoms with E-state index in [9.17, 15) is 9.59 Å². The molecule has 0 spiro atoms. The van der Waals surface area contributed by atoms with Crippen LogP contribution in [0.2, 0.25) is 0 Å². The standard InChI is InChI=1S/C21H19N5O4S/c1-23-18-17(19(27)24(2)21(23)28)25-11-13(16-6-5-9-31-16)26(20(25)22-18)12-7-8-14(29-3)15(10-12)30-4/h5-11H,1-4H3. The molecular weight excluding hydrogens is 418 g/mol. The van der Waals surface area contributed by atoms with Crippen molar-refractivity contribution in [3.63, 3.8) is 0 Å². The number of methoxy groups -OCH3 is 2. The second-order valence-electron chi connectivity index (χ2n) is 7.03. The van der Waals surface area contributed by atoms with E-state index in [0.29, 0.717) is 28.4 Å². The molecule has 0 aliphatic rings. The number of rotatable bonds is 4. The maximum Gasteiger partial charge on any atom is 0.332 e. The van der Waals surface area contributed by atoms with Crippen LogP contribution in [0.15, 0.2) is 51.5 Å². The molecule has 0 N–H and O–H groups in total. The smallest absolute Gasteiger partial charge is 0.332 e. The minimum absolute atomic E-state index is 0.329. The molecule has 0 radical (unpaired) electrons. The molecule has 1 aromatic carbocycles. The van der Waals surface area contributed by atoms with E-state index in [4.69, 9.17) is 14.5 Å². The average Bonchev–Trinajstić information content (AvgIpc) is 3.50. The summed E-state index contributed by atoms with van der Waals surface area (Å²) in [5.41, 5.74) is 1.50. The lowest BCUT2D eigenvalue weighted by molar-refractivity contribution is 0.355. The number of fused-ring (bicyclic) bond motifs is 3. The number of hydrogen-bond acceptors (Lipinski definition) is 6. The van der Waals surface area contributed by atoms with Crippen molar-refractivity contribution < 1.29 is 9.47 Å². The minimum atomic E-state index is -0.422. The van der Waals surface area contributed by atoms with Crippen molar-refractivity contribution in [1.29, 1.82) is 0 Å². The van der Waals surface area contributed by atoms with Crippen LogP contribution in [0.1, 0.15) is 0 Å². The normalized spacial score (nSPS) is 11.5. The van der Waals surface area contributed by atoms with Crippen molar-refractivity contribution in [1.82, 2.24) is 23.1 Å². The van der Waals surface area contributed by atoms with Gasteiger partial charge in [-0.1, -0.05) is 6.07 Å². The first-order chi connectivity index (χ1) is 15.0. The second kappa shape index (κ2) is 6.88. The molecule has 9 nitrogen and oxygen atoms in total. The van der Waals surface area contributed by atoms with Gasteiger partial charge in [-0.3, -0.25) is 22.9 Å². The zero-order chi connectivity index (χ0) is 21.9. The van der Waals surface area contributed by atoms with Gasteiger partial charge in [0.25, 0.3) is 5.56 Å². The van der Waals surface area contributed by atoms with Gasteiger partial charge in [-0.15, -0.1) is 11.3 Å². The third-order valence-corrected chi connectivity index (χ3v) is 6.26. The maximum atomic E-state index is 12.9. The van der Waals surface area contributed by atoms with Gasteiger partial charge in [0, 0.05) is 26.4 Å². The summed E-state index contributed by atoms with van der Waals surface area (Å²) in [5.74, 6) is 1.70. The van der Waals surface area contributed by atoms with Gasteiger partial charge in [0.1, 0.15) is 0 Å². The molecule has 5 rings (SSSR count). The summed E-state index contributed by atoms with van der Waals surface area (Å²) >= 11 is 1.58. The maximum absolute atomic E-state index is 12.9. The van der Waals surface area contributed by atoms with Crippen molar-refractivity contribution >= 4 is 28.3 Å². The summed E-state index contributed by atoms with van der Waals surface area (Å²) in [4.78, 5) is 31.1. The Morgan fingerprint density at radius 3 is 2.45 bits per heavy atom. The largest absolute Gasteiger partial charge is 0.493 e. The van der Waals surface area contributed by atoms with E-state index in [1.807, 2.05) is 46.5 Å². The first-order valence-electron chi connectivity index (χ1n) is 9.42. The molecule has 5 aromatic rings. The first kappa shape index (κ1) is 19.2. The third-order valence-electron chi connectivity index (χ3n) is 5.36. The lowest BCUT2D eigenvalue weighted by Gasteiger charge is -2.12. The van der Waals surface area contributed by atoms with E-state index >= 15 is 0 Å². The predicted octanol–water partition coefficient (Wildman–Crippen LogP) is 2.42. The van der Waals surface area contributed by atoms with Crippen LogP contribution in [-0.4, -0.2) is 37.3 Å². The topological polar surface area (TPSA) is 84.7 Å². The molecular formula is C21H19N5O4S. The number of aryl methyl sites for hydroxylation is 1. The molecule has 10 heteroatoms. The molecule has 4 heterocycles. The highest BCUT2D eigenvalue weighted by Crippen LogP contribution is 2.35. The highest BCUT2D eigenvalue weighted by Gasteiger charge is 2.22. The van der Waals surface area contributed by atoms with Crippen LogP contribution < -0.4 is 20.7 Å². The van der Waals surface area contributed by atoms with Crippen molar-refractivity contribution in [2.75, 3.05) is 14.2 Å². The Hall–Kier alpha value is -3.79. The Balaban J connectivity index is 1.94. The number of ether oxygens (including phenoxy) is 2. The molecule has 0 saturated heterocycles. The Morgan fingerprint density at radius 1 is 1.00 bits per heavy atom. The third kappa shape index (κ3) is 2.65. The molecule has 0 unspecified atom stereocenters. The van der Waals surface area contributed by atoms with Crippen molar-refractivity contribution in [3.8, 4) is 27.8 Å².